The summed E-state index contributed by atoms with van der Waals surface area (Å²) in [5.41, 5.74) is 6.83. The Labute approximate surface area is 169 Å². The number of nitrogens with two attached hydrogens (primary N) is 1. The summed E-state index contributed by atoms with van der Waals surface area (Å²) in [4.78, 5) is 11.4. The number of ether oxygens (including phenoxy) is 2. The molecule has 0 fully saturated rings. The van der Waals surface area contributed by atoms with Crippen LogP contribution in [-0.2, 0) is 6.61 Å². The maximum Gasteiger partial charge on any atom is 0.271 e. The lowest BCUT2D eigenvalue weighted by atomic mass is 10.1. The van der Waals surface area contributed by atoms with E-state index < -0.39 is 5.91 Å². The average Bonchev–Trinajstić information content (AvgIpc) is 3.11. The largest absolute Gasteiger partial charge is 0.493 e. The van der Waals surface area contributed by atoms with E-state index in [1.807, 2.05) is 0 Å². The number of aromatic nitrogens is 3. The second-order valence-electron chi connectivity index (χ2n) is 5.39. The summed E-state index contributed by atoms with van der Waals surface area (Å²) in [5, 5.41) is 11.3. The molecule has 3 N–H and O–H groups in total. The van der Waals surface area contributed by atoms with E-state index in [4.69, 9.17) is 50.0 Å². The van der Waals surface area contributed by atoms with Gasteiger partial charge >= 0.3 is 0 Å². The number of hydrogen-bond donors (Lipinski definition) is 2. The standard InChI is InChI=1S/C17H13Cl3N4O3/c1-26-14-4-8(15-16(17(21)25)23-24-22-15)2-3-13(14)27-7-10-11(19)5-9(18)6-12(10)20/h2-6H,7H2,1H3,(H2,21,25)(H,22,23,24). The highest BCUT2D eigenvalue weighted by Gasteiger charge is 2.17. The molecule has 1 heterocycles. The highest BCUT2D eigenvalue weighted by molar-refractivity contribution is 6.39. The van der Waals surface area contributed by atoms with Crippen molar-refractivity contribution in [1.29, 1.82) is 0 Å². The van der Waals surface area contributed by atoms with Crippen LogP contribution < -0.4 is 15.2 Å². The zero-order valence-corrected chi connectivity index (χ0v) is 16.2. The normalized spacial score (nSPS) is 10.7. The van der Waals surface area contributed by atoms with Gasteiger partial charge in [-0.05, 0) is 30.3 Å². The number of nitrogens with one attached hydrogen (secondary N) is 1. The number of carbonyl (C=O) groups excluding carboxylic acids is 1. The molecule has 0 aliphatic heterocycles. The van der Waals surface area contributed by atoms with Gasteiger partial charge in [0.2, 0.25) is 0 Å². The molecule has 1 aromatic heterocycles. The van der Waals surface area contributed by atoms with Gasteiger partial charge in [-0.2, -0.15) is 15.4 Å². The van der Waals surface area contributed by atoms with E-state index in [2.05, 4.69) is 15.4 Å². The van der Waals surface area contributed by atoms with E-state index >= 15 is 0 Å². The second kappa shape index (κ2) is 8.04. The van der Waals surface area contributed by atoms with E-state index in [0.29, 0.717) is 43.4 Å². The molecule has 1 amide bonds. The molecule has 3 aromatic rings. The third-order valence-electron chi connectivity index (χ3n) is 3.70. The number of nitrogens with zero attached hydrogens (tertiary/aromatic N) is 2. The first-order valence-corrected chi connectivity index (χ1v) is 8.69. The van der Waals surface area contributed by atoms with E-state index in [9.17, 15) is 4.79 Å². The molecule has 0 unspecified atom stereocenters. The third-order valence-corrected chi connectivity index (χ3v) is 4.59. The van der Waals surface area contributed by atoms with Gasteiger partial charge in [0.05, 0.1) is 17.2 Å². The van der Waals surface area contributed by atoms with Gasteiger partial charge in [0, 0.05) is 16.1 Å². The number of amides is 1. The van der Waals surface area contributed by atoms with Gasteiger partial charge in [0.25, 0.3) is 5.91 Å². The van der Waals surface area contributed by atoms with Crippen molar-refractivity contribution in [2.75, 3.05) is 7.11 Å². The third kappa shape index (κ3) is 4.10. The molecule has 0 aliphatic rings. The number of primary amides is 1. The van der Waals surface area contributed by atoms with E-state index in [1.54, 1.807) is 30.3 Å². The van der Waals surface area contributed by atoms with Crippen LogP contribution >= 0.6 is 34.8 Å². The molecule has 10 heteroatoms. The summed E-state index contributed by atoms with van der Waals surface area (Å²) in [6.07, 6.45) is 0. The van der Waals surface area contributed by atoms with Crippen molar-refractivity contribution >= 4 is 40.7 Å². The van der Waals surface area contributed by atoms with Gasteiger partial charge < -0.3 is 15.2 Å². The smallest absolute Gasteiger partial charge is 0.271 e. The molecule has 7 nitrogen and oxygen atoms in total. The number of hydrogen-bond acceptors (Lipinski definition) is 5. The summed E-state index contributed by atoms with van der Waals surface area (Å²) in [5.74, 6) is 0.185. The molecule has 0 atom stereocenters. The zero-order valence-electron chi connectivity index (χ0n) is 13.9. The minimum Gasteiger partial charge on any atom is -0.493 e. The molecule has 0 spiro atoms. The summed E-state index contributed by atoms with van der Waals surface area (Å²) in [7, 11) is 1.49. The van der Waals surface area contributed by atoms with Crippen LogP contribution in [0.15, 0.2) is 30.3 Å². The Morgan fingerprint density at radius 2 is 1.81 bits per heavy atom. The fraction of sp³-hybridized carbons (Fsp3) is 0.118. The monoisotopic (exact) mass is 426 g/mol. The van der Waals surface area contributed by atoms with Crippen LogP contribution in [0.1, 0.15) is 16.1 Å². The van der Waals surface area contributed by atoms with Crippen LogP contribution in [0.2, 0.25) is 15.1 Å². The molecule has 0 radical (unpaired) electrons. The fourth-order valence-electron chi connectivity index (χ4n) is 2.40. The summed E-state index contributed by atoms with van der Waals surface area (Å²) in [6, 6.07) is 8.21. The molecule has 27 heavy (non-hydrogen) atoms. The highest BCUT2D eigenvalue weighted by Crippen LogP contribution is 2.35. The highest BCUT2D eigenvalue weighted by atomic mass is 35.5. The first kappa shape index (κ1) is 19.3. The Bertz CT molecular complexity index is 984. The Balaban J connectivity index is 1.87. The molecule has 0 saturated heterocycles. The minimum absolute atomic E-state index is 0.0328. The van der Waals surface area contributed by atoms with Crippen molar-refractivity contribution in [3.8, 4) is 22.8 Å². The number of carbonyl (C=O) groups is 1. The molecule has 0 saturated carbocycles. The molecule has 3 rings (SSSR count). The maximum atomic E-state index is 11.4. The quantitative estimate of drug-likeness (QED) is 0.616. The van der Waals surface area contributed by atoms with E-state index in [0.717, 1.165) is 0 Å². The minimum atomic E-state index is -0.690. The lowest BCUT2D eigenvalue weighted by Gasteiger charge is -2.13. The number of benzene rings is 2. The molecular formula is C17H13Cl3N4O3. The molecule has 0 aliphatic carbocycles. The lowest BCUT2D eigenvalue weighted by Crippen LogP contribution is -2.12. The summed E-state index contributed by atoms with van der Waals surface area (Å²) < 4.78 is 11.2. The van der Waals surface area contributed by atoms with Crippen LogP contribution in [0.5, 0.6) is 11.5 Å². The number of aromatic amines is 1. The van der Waals surface area contributed by atoms with Gasteiger partial charge in [-0.15, -0.1) is 0 Å². The van der Waals surface area contributed by atoms with Crippen LogP contribution in [0.4, 0.5) is 0 Å². The first-order valence-electron chi connectivity index (χ1n) is 7.56. The summed E-state index contributed by atoms with van der Waals surface area (Å²) in [6.45, 7) is 0.112. The SMILES string of the molecule is COc1cc(-c2n[nH]nc2C(N)=O)ccc1OCc1c(Cl)cc(Cl)cc1Cl. The molecule has 140 valence electrons. The van der Waals surface area contributed by atoms with E-state index in [1.165, 1.54) is 7.11 Å². The lowest BCUT2D eigenvalue weighted by molar-refractivity contribution is 0.0996. The van der Waals surface area contributed by atoms with Crippen LogP contribution in [0, 0.1) is 0 Å². The van der Waals surface area contributed by atoms with Gasteiger partial charge in [-0.25, -0.2) is 0 Å². The Hall–Kier alpha value is -2.48. The molecular weight excluding hydrogens is 415 g/mol. The predicted molar refractivity (Wildman–Crippen MR) is 103 cm³/mol. The van der Waals surface area contributed by atoms with E-state index in [-0.39, 0.29) is 12.3 Å². The number of methoxy groups -OCH3 is 1. The van der Waals surface area contributed by atoms with Crippen molar-refractivity contribution in [3.05, 3.63) is 56.7 Å². The van der Waals surface area contributed by atoms with Gasteiger partial charge in [0.1, 0.15) is 12.3 Å². The van der Waals surface area contributed by atoms with Gasteiger partial charge in [-0.3, -0.25) is 4.79 Å². The Morgan fingerprint density at radius 3 is 2.44 bits per heavy atom. The first-order chi connectivity index (χ1) is 12.9. The average molecular weight is 428 g/mol. The summed E-state index contributed by atoms with van der Waals surface area (Å²) >= 11 is 18.3. The maximum absolute atomic E-state index is 11.4. The number of H-pyrrole nitrogens is 1. The zero-order chi connectivity index (χ0) is 19.6. The molecule has 2 aromatic carbocycles. The predicted octanol–water partition coefficient (Wildman–Crippen LogP) is 4.12. The number of halogens is 3. The Kier molecular flexibility index (Phi) is 5.74. The fourth-order valence-corrected chi connectivity index (χ4v) is 3.32. The Morgan fingerprint density at radius 1 is 1.11 bits per heavy atom. The van der Waals surface area contributed by atoms with Crippen molar-refractivity contribution in [2.45, 2.75) is 6.61 Å². The second-order valence-corrected chi connectivity index (χ2v) is 6.64. The van der Waals surface area contributed by atoms with Crippen LogP contribution in [-0.4, -0.2) is 28.4 Å². The topological polar surface area (TPSA) is 103 Å². The van der Waals surface area contributed by atoms with Crippen LogP contribution in [0.3, 0.4) is 0 Å². The molecule has 0 bridgehead atoms. The van der Waals surface area contributed by atoms with Gasteiger partial charge in [-0.1, -0.05) is 34.8 Å². The van der Waals surface area contributed by atoms with Gasteiger partial charge in [0.15, 0.2) is 17.2 Å². The van der Waals surface area contributed by atoms with Crippen molar-refractivity contribution in [1.82, 2.24) is 15.4 Å². The van der Waals surface area contributed by atoms with Crippen molar-refractivity contribution in [2.24, 2.45) is 5.73 Å². The van der Waals surface area contributed by atoms with Crippen molar-refractivity contribution < 1.29 is 14.3 Å². The number of rotatable bonds is 6. The van der Waals surface area contributed by atoms with Crippen molar-refractivity contribution in [3.63, 3.8) is 0 Å². The van der Waals surface area contributed by atoms with Crippen LogP contribution in [0.25, 0.3) is 11.3 Å².